The predicted octanol–water partition coefficient (Wildman–Crippen LogP) is 2.16. The maximum atomic E-state index is 5.50. The van der Waals surface area contributed by atoms with Crippen LogP contribution in [0.3, 0.4) is 0 Å². The average molecular weight is 223 g/mol. The second-order valence-corrected chi connectivity index (χ2v) is 4.19. The molecule has 5 heteroatoms. The van der Waals surface area contributed by atoms with Crippen molar-refractivity contribution in [1.82, 2.24) is 9.97 Å². The summed E-state index contributed by atoms with van der Waals surface area (Å²) < 4.78 is 5.50. The molecule has 0 aliphatic rings. The van der Waals surface area contributed by atoms with Crippen molar-refractivity contribution < 1.29 is 4.74 Å². The second kappa shape index (κ2) is 4.02. The van der Waals surface area contributed by atoms with E-state index in [1.165, 1.54) is 0 Å². The zero-order valence-corrected chi connectivity index (χ0v) is 9.84. The highest BCUT2D eigenvalue weighted by Gasteiger charge is 2.10. The van der Waals surface area contributed by atoms with Crippen LogP contribution in [-0.4, -0.2) is 30.7 Å². The minimum Gasteiger partial charge on any atom is -0.477 e. The number of rotatable bonds is 3. The Balaban J connectivity index is 2.58. The van der Waals surface area contributed by atoms with Gasteiger partial charge in [-0.25, -0.2) is 4.98 Å². The molecule has 0 spiro atoms. The van der Waals surface area contributed by atoms with E-state index in [1.54, 1.807) is 11.3 Å². The van der Waals surface area contributed by atoms with Crippen molar-refractivity contribution in [1.29, 1.82) is 0 Å². The molecule has 0 atom stereocenters. The molecular formula is C10H13N3OS. The summed E-state index contributed by atoms with van der Waals surface area (Å²) in [6, 6.07) is 1.99. The van der Waals surface area contributed by atoms with Crippen LogP contribution in [0.25, 0.3) is 10.2 Å². The molecule has 2 aromatic rings. The first-order valence-corrected chi connectivity index (χ1v) is 5.65. The Bertz CT molecular complexity index is 467. The van der Waals surface area contributed by atoms with Gasteiger partial charge in [-0.2, -0.15) is 4.98 Å². The largest absolute Gasteiger partial charge is 0.477 e. The van der Waals surface area contributed by atoms with Crippen LogP contribution in [0.5, 0.6) is 5.88 Å². The van der Waals surface area contributed by atoms with Crippen LogP contribution in [0.4, 0.5) is 5.95 Å². The second-order valence-electron chi connectivity index (χ2n) is 3.30. The minimum atomic E-state index is 0.620. The van der Waals surface area contributed by atoms with E-state index >= 15 is 0 Å². The molecule has 0 radical (unpaired) electrons. The summed E-state index contributed by atoms with van der Waals surface area (Å²) in [5.41, 5.74) is 0. The van der Waals surface area contributed by atoms with Crippen molar-refractivity contribution in [3.8, 4) is 5.88 Å². The van der Waals surface area contributed by atoms with Gasteiger partial charge >= 0.3 is 0 Å². The Kier molecular flexibility index (Phi) is 2.73. The van der Waals surface area contributed by atoms with Crippen LogP contribution >= 0.6 is 11.3 Å². The molecule has 0 aromatic carbocycles. The quantitative estimate of drug-likeness (QED) is 0.799. The van der Waals surface area contributed by atoms with Gasteiger partial charge in [0.15, 0.2) is 0 Å². The molecule has 0 aliphatic carbocycles. The van der Waals surface area contributed by atoms with E-state index in [9.17, 15) is 0 Å². The lowest BCUT2D eigenvalue weighted by Crippen LogP contribution is -2.13. The molecule has 0 saturated heterocycles. The van der Waals surface area contributed by atoms with Crippen LogP contribution in [0.1, 0.15) is 6.92 Å². The van der Waals surface area contributed by atoms with Crippen molar-refractivity contribution in [2.75, 3.05) is 25.6 Å². The molecular weight excluding hydrogens is 210 g/mol. The first-order chi connectivity index (χ1) is 7.22. The summed E-state index contributed by atoms with van der Waals surface area (Å²) in [4.78, 5) is 11.6. The van der Waals surface area contributed by atoms with E-state index in [0.29, 0.717) is 18.4 Å². The standard InChI is InChI=1S/C10H13N3OS/c1-4-14-8-7-5-6-15-9(7)12-10(11-8)13(2)3/h5-6H,4H2,1-3H3. The van der Waals surface area contributed by atoms with Crippen LogP contribution in [0.2, 0.25) is 0 Å². The fourth-order valence-electron chi connectivity index (χ4n) is 1.26. The Morgan fingerprint density at radius 2 is 2.20 bits per heavy atom. The summed E-state index contributed by atoms with van der Waals surface area (Å²) in [6.07, 6.45) is 0. The maximum Gasteiger partial charge on any atom is 0.229 e. The normalized spacial score (nSPS) is 10.6. The monoisotopic (exact) mass is 223 g/mol. The fourth-order valence-corrected chi connectivity index (χ4v) is 2.01. The number of fused-ring (bicyclic) bond motifs is 1. The summed E-state index contributed by atoms with van der Waals surface area (Å²) in [5.74, 6) is 1.36. The summed E-state index contributed by atoms with van der Waals surface area (Å²) in [6.45, 7) is 2.57. The third-order valence-electron chi connectivity index (χ3n) is 1.96. The van der Waals surface area contributed by atoms with Crippen LogP contribution < -0.4 is 9.64 Å². The van der Waals surface area contributed by atoms with E-state index < -0.39 is 0 Å². The topological polar surface area (TPSA) is 38.2 Å². The molecule has 0 unspecified atom stereocenters. The minimum absolute atomic E-state index is 0.620. The first-order valence-electron chi connectivity index (χ1n) is 4.77. The molecule has 80 valence electrons. The van der Waals surface area contributed by atoms with Crippen LogP contribution in [-0.2, 0) is 0 Å². The summed E-state index contributed by atoms with van der Waals surface area (Å²) >= 11 is 1.60. The van der Waals surface area contributed by atoms with Crippen molar-refractivity contribution >= 4 is 27.5 Å². The van der Waals surface area contributed by atoms with E-state index in [4.69, 9.17) is 4.74 Å². The molecule has 0 bridgehead atoms. The molecule has 0 N–H and O–H groups in total. The zero-order chi connectivity index (χ0) is 10.8. The highest BCUT2D eigenvalue weighted by atomic mass is 32.1. The van der Waals surface area contributed by atoms with Crippen molar-refractivity contribution in [3.05, 3.63) is 11.4 Å². The third kappa shape index (κ3) is 1.87. The lowest BCUT2D eigenvalue weighted by atomic mass is 10.4. The molecule has 2 rings (SSSR count). The summed E-state index contributed by atoms with van der Waals surface area (Å²) in [5, 5.41) is 2.99. The maximum absolute atomic E-state index is 5.50. The fraction of sp³-hybridized carbons (Fsp3) is 0.400. The number of nitrogens with zero attached hydrogens (tertiary/aromatic N) is 3. The molecule has 15 heavy (non-hydrogen) atoms. The smallest absolute Gasteiger partial charge is 0.229 e. The Labute approximate surface area is 92.5 Å². The van der Waals surface area contributed by atoms with Gasteiger partial charge < -0.3 is 9.64 Å². The molecule has 2 heterocycles. The number of thiophene rings is 1. The molecule has 0 saturated carbocycles. The SMILES string of the molecule is CCOc1nc(N(C)C)nc2sccc12. The lowest BCUT2D eigenvalue weighted by molar-refractivity contribution is 0.331. The van der Waals surface area contributed by atoms with Crippen molar-refractivity contribution in [3.63, 3.8) is 0 Å². The lowest BCUT2D eigenvalue weighted by Gasteiger charge is -2.11. The number of hydrogen-bond donors (Lipinski definition) is 0. The van der Waals surface area contributed by atoms with Crippen LogP contribution in [0.15, 0.2) is 11.4 Å². The van der Waals surface area contributed by atoms with Gasteiger partial charge in [0, 0.05) is 14.1 Å². The molecule has 0 amide bonds. The van der Waals surface area contributed by atoms with E-state index in [1.807, 2.05) is 37.4 Å². The Morgan fingerprint density at radius 3 is 2.87 bits per heavy atom. The molecule has 0 aliphatic heterocycles. The number of anilines is 1. The van der Waals surface area contributed by atoms with E-state index in [-0.39, 0.29) is 0 Å². The number of aromatic nitrogens is 2. The number of hydrogen-bond acceptors (Lipinski definition) is 5. The molecule has 4 nitrogen and oxygen atoms in total. The number of ether oxygens (including phenoxy) is 1. The van der Waals surface area contributed by atoms with Gasteiger partial charge in [-0.15, -0.1) is 11.3 Å². The Hall–Kier alpha value is -1.36. The third-order valence-corrected chi connectivity index (χ3v) is 2.77. The highest BCUT2D eigenvalue weighted by molar-refractivity contribution is 7.16. The first kappa shape index (κ1) is 10.2. The predicted molar refractivity (Wildman–Crippen MR) is 62.9 cm³/mol. The van der Waals surface area contributed by atoms with Gasteiger partial charge in [0.25, 0.3) is 0 Å². The van der Waals surface area contributed by atoms with Gasteiger partial charge in [-0.3, -0.25) is 0 Å². The van der Waals surface area contributed by atoms with Gasteiger partial charge in [-0.1, -0.05) is 0 Å². The van der Waals surface area contributed by atoms with Gasteiger partial charge in [0.2, 0.25) is 11.8 Å². The van der Waals surface area contributed by atoms with Gasteiger partial charge in [-0.05, 0) is 18.4 Å². The van der Waals surface area contributed by atoms with Gasteiger partial charge in [0.1, 0.15) is 4.83 Å². The van der Waals surface area contributed by atoms with Crippen LogP contribution in [0, 0.1) is 0 Å². The average Bonchev–Trinajstić information content (AvgIpc) is 2.65. The highest BCUT2D eigenvalue weighted by Crippen LogP contribution is 2.28. The molecule has 2 aromatic heterocycles. The van der Waals surface area contributed by atoms with E-state index in [2.05, 4.69) is 9.97 Å². The molecule has 0 fully saturated rings. The summed E-state index contributed by atoms with van der Waals surface area (Å²) in [7, 11) is 3.84. The van der Waals surface area contributed by atoms with Gasteiger partial charge in [0.05, 0.1) is 12.0 Å². The van der Waals surface area contributed by atoms with Crippen molar-refractivity contribution in [2.24, 2.45) is 0 Å². The van der Waals surface area contributed by atoms with E-state index in [0.717, 1.165) is 10.2 Å². The Morgan fingerprint density at radius 1 is 1.40 bits per heavy atom. The zero-order valence-electron chi connectivity index (χ0n) is 9.02. The van der Waals surface area contributed by atoms with Crippen molar-refractivity contribution in [2.45, 2.75) is 6.92 Å².